The van der Waals surface area contributed by atoms with E-state index in [0.29, 0.717) is 17.9 Å². The van der Waals surface area contributed by atoms with E-state index in [4.69, 9.17) is 11.6 Å². The minimum atomic E-state index is -0.723. The maximum atomic E-state index is 12.7. The first-order chi connectivity index (χ1) is 10.0. The predicted molar refractivity (Wildman–Crippen MR) is 83.1 cm³/mol. The van der Waals surface area contributed by atoms with Gasteiger partial charge >= 0.3 is 6.03 Å². The van der Waals surface area contributed by atoms with Crippen molar-refractivity contribution in [3.63, 3.8) is 0 Å². The molecule has 0 saturated carbocycles. The molecule has 1 aliphatic heterocycles. The number of benzene rings is 1. The Balaban J connectivity index is 2.21. The van der Waals surface area contributed by atoms with E-state index in [0.717, 1.165) is 18.4 Å². The zero-order valence-electron chi connectivity index (χ0n) is 12.5. The van der Waals surface area contributed by atoms with Gasteiger partial charge in [-0.25, -0.2) is 4.79 Å². The quantitative estimate of drug-likeness (QED) is 0.814. The first kappa shape index (κ1) is 15.8. The van der Waals surface area contributed by atoms with Crippen LogP contribution in [0.15, 0.2) is 24.3 Å². The molecular weight excluding hydrogens is 288 g/mol. The fourth-order valence-electron chi connectivity index (χ4n) is 2.96. The summed E-state index contributed by atoms with van der Waals surface area (Å²) in [7, 11) is 0. The van der Waals surface area contributed by atoms with Gasteiger partial charge in [0.15, 0.2) is 0 Å². The Kier molecular flexibility index (Phi) is 4.88. The molecule has 1 N–H and O–H groups in total. The molecule has 0 unspecified atom stereocenters. The number of carbonyl (C=O) groups is 2. The molecule has 0 bridgehead atoms. The molecule has 1 fully saturated rings. The molecule has 0 atom stereocenters. The number of carbonyl (C=O) groups excluding carboxylic acids is 2. The molecule has 1 aromatic rings. The highest BCUT2D eigenvalue weighted by molar-refractivity contribution is 6.30. The number of hydrogen-bond donors (Lipinski definition) is 1. The second-order valence-corrected chi connectivity index (χ2v) is 5.97. The molecule has 0 aromatic heterocycles. The van der Waals surface area contributed by atoms with Crippen LogP contribution < -0.4 is 5.32 Å². The van der Waals surface area contributed by atoms with Gasteiger partial charge in [-0.3, -0.25) is 9.69 Å². The van der Waals surface area contributed by atoms with Gasteiger partial charge in [-0.2, -0.15) is 0 Å². The molecule has 1 aliphatic rings. The number of halogens is 1. The van der Waals surface area contributed by atoms with E-state index in [1.807, 2.05) is 26.0 Å². The highest BCUT2D eigenvalue weighted by Crippen LogP contribution is 2.29. The van der Waals surface area contributed by atoms with E-state index < -0.39 is 5.54 Å². The van der Waals surface area contributed by atoms with E-state index in [1.165, 1.54) is 4.90 Å². The standard InChI is InChI=1S/C16H21ClN2O2/c1-3-8-16(9-4-2)14(20)19(15(21)18-16)11-12-6-5-7-13(17)10-12/h5-7,10H,3-4,8-9,11H2,1-2H3,(H,18,21). The van der Waals surface area contributed by atoms with E-state index >= 15 is 0 Å². The normalized spacial score (nSPS) is 17.2. The molecule has 114 valence electrons. The van der Waals surface area contributed by atoms with Gasteiger partial charge in [-0.1, -0.05) is 50.4 Å². The Hall–Kier alpha value is -1.55. The lowest BCUT2D eigenvalue weighted by molar-refractivity contribution is -0.132. The van der Waals surface area contributed by atoms with Crippen LogP contribution in [0.3, 0.4) is 0 Å². The van der Waals surface area contributed by atoms with Crippen LogP contribution in [0.1, 0.15) is 45.1 Å². The van der Waals surface area contributed by atoms with Crippen molar-refractivity contribution in [1.29, 1.82) is 0 Å². The lowest BCUT2D eigenvalue weighted by atomic mass is 9.88. The van der Waals surface area contributed by atoms with Crippen LogP contribution in [0.5, 0.6) is 0 Å². The van der Waals surface area contributed by atoms with Crippen molar-refractivity contribution in [2.45, 2.75) is 51.6 Å². The van der Waals surface area contributed by atoms with Crippen LogP contribution in [0, 0.1) is 0 Å². The summed E-state index contributed by atoms with van der Waals surface area (Å²) < 4.78 is 0. The summed E-state index contributed by atoms with van der Waals surface area (Å²) in [6.45, 7) is 4.31. The Morgan fingerprint density at radius 2 is 1.86 bits per heavy atom. The highest BCUT2D eigenvalue weighted by atomic mass is 35.5. The molecule has 1 aromatic carbocycles. The molecule has 0 radical (unpaired) electrons. The number of nitrogens with one attached hydrogen (secondary N) is 1. The molecular formula is C16H21ClN2O2. The maximum Gasteiger partial charge on any atom is 0.325 e. The average molecular weight is 309 g/mol. The van der Waals surface area contributed by atoms with Crippen molar-refractivity contribution >= 4 is 23.5 Å². The second-order valence-electron chi connectivity index (χ2n) is 5.53. The van der Waals surface area contributed by atoms with Crippen molar-refractivity contribution in [1.82, 2.24) is 10.2 Å². The lowest BCUT2D eigenvalue weighted by Gasteiger charge is -2.25. The van der Waals surface area contributed by atoms with Crippen LogP contribution in [0.4, 0.5) is 4.79 Å². The number of nitrogens with zero attached hydrogens (tertiary/aromatic N) is 1. The molecule has 1 heterocycles. The topological polar surface area (TPSA) is 49.4 Å². The highest BCUT2D eigenvalue weighted by Gasteiger charge is 2.49. The Morgan fingerprint density at radius 3 is 2.43 bits per heavy atom. The largest absolute Gasteiger partial charge is 0.325 e. The Labute approximate surface area is 130 Å². The third kappa shape index (κ3) is 3.21. The smallest absolute Gasteiger partial charge is 0.323 e. The van der Waals surface area contributed by atoms with Gasteiger partial charge in [0.25, 0.3) is 5.91 Å². The van der Waals surface area contributed by atoms with Gasteiger partial charge in [0.1, 0.15) is 5.54 Å². The molecule has 0 aliphatic carbocycles. The first-order valence-corrected chi connectivity index (χ1v) is 7.78. The van der Waals surface area contributed by atoms with Gasteiger partial charge in [0.2, 0.25) is 0 Å². The first-order valence-electron chi connectivity index (χ1n) is 7.41. The maximum absolute atomic E-state index is 12.7. The Morgan fingerprint density at radius 1 is 1.19 bits per heavy atom. The molecule has 21 heavy (non-hydrogen) atoms. The molecule has 0 spiro atoms. The van der Waals surface area contributed by atoms with Crippen molar-refractivity contribution in [3.05, 3.63) is 34.9 Å². The van der Waals surface area contributed by atoms with Crippen molar-refractivity contribution in [3.8, 4) is 0 Å². The van der Waals surface area contributed by atoms with Crippen LogP contribution in [-0.2, 0) is 11.3 Å². The number of amides is 3. The fraction of sp³-hybridized carbons (Fsp3) is 0.500. The summed E-state index contributed by atoms with van der Waals surface area (Å²) >= 11 is 5.95. The lowest BCUT2D eigenvalue weighted by Crippen LogP contribution is -2.46. The summed E-state index contributed by atoms with van der Waals surface area (Å²) in [5.41, 5.74) is 0.133. The van der Waals surface area contributed by atoms with Gasteiger partial charge < -0.3 is 5.32 Å². The molecule has 1 saturated heterocycles. The van der Waals surface area contributed by atoms with Crippen molar-refractivity contribution < 1.29 is 9.59 Å². The zero-order chi connectivity index (χ0) is 15.5. The summed E-state index contributed by atoms with van der Waals surface area (Å²) in [5, 5.41) is 3.51. The van der Waals surface area contributed by atoms with E-state index in [2.05, 4.69) is 5.32 Å². The zero-order valence-corrected chi connectivity index (χ0v) is 13.2. The minimum absolute atomic E-state index is 0.115. The van der Waals surface area contributed by atoms with Crippen LogP contribution in [-0.4, -0.2) is 22.4 Å². The van der Waals surface area contributed by atoms with E-state index in [1.54, 1.807) is 12.1 Å². The number of rotatable bonds is 6. The van der Waals surface area contributed by atoms with Crippen molar-refractivity contribution in [2.24, 2.45) is 0 Å². The molecule has 5 heteroatoms. The monoisotopic (exact) mass is 308 g/mol. The number of imide groups is 1. The van der Waals surface area contributed by atoms with Gasteiger partial charge in [0.05, 0.1) is 6.54 Å². The SMILES string of the molecule is CCCC1(CCC)NC(=O)N(Cc2cccc(Cl)c2)C1=O. The van der Waals surface area contributed by atoms with Crippen LogP contribution in [0.2, 0.25) is 5.02 Å². The number of hydrogen-bond acceptors (Lipinski definition) is 2. The van der Waals surface area contributed by atoms with E-state index in [-0.39, 0.29) is 18.5 Å². The van der Waals surface area contributed by atoms with Crippen LogP contribution in [0.25, 0.3) is 0 Å². The molecule has 3 amide bonds. The summed E-state index contributed by atoms with van der Waals surface area (Å²) in [6, 6.07) is 6.94. The molecule has 2 rings (SSSR count). The van der Waals surface area contributed by atoms with Crippen LogP contribution >= 0.6 is 11.6 Å². The molecule has 4 nitrogen and oxygen atoms in total. The second kappa shape index (κ2) is 6.48. The third-order valence-electron chi connectivity index (χ3n) is 3.83. The van der Waals surface area contributed by atoms with Crippen molar-refractivity contribution in [2.75, 3.05) is 0 Å². The number of urea groups is 1. The van der Waals surface area contributed by atoms with Gasteiger partial charge in [-0.15, -0.1) is 0 Å². The Bertz CT molecular complexity index is 539. The summed E-state index contributed by atoms with van der Waals surface area (Å²) in [4.78, 5) is 26.2. The summed E-state index contributed by atoms with van der Waals surface area (Å²) in [6.07, 6.45) is 3.07. The van der Waals surface area contributed by atoms with E-state index in [9.17, 15) is 9.59 Å². The summed E-state index contributed by atoms with van der Waals surface area (Å²) in [5.74, 6) is -0.115. The minimum Gasteiger partial charge on any atom is -0.323 e. The fourth-order valence-corrected chi connectivity index (χ4v) is 3.17. The third-order valence-corrected chi connectivity index (χ3v) is 4.06. The van der Waals surface area contributed by atoms with Gasteiger partial charge in [-0.05, 0) is 30.5 Å². The predicted octanol–water partition coefficient (Wildman–Crippen LogP) is 3.73. The van der Waals surface area contributed by atoms with Gasteiger partial charge in [0, 0.05) is 5.02 Å². The average Bonchev–Trinajstić information content (AvgIpc) is 2.65.